The maximum absolute atomic E-state index is 10.7. The molecule has 0 unspecified atom stereocenters. The van der Waals surface area contributed by atoms with Gasteiger partial charge in [-0.05, 0) is 12.1 Å². The summed E-state index contributed by atoms with van der Waals surface area (Å²) in [4.78, 5) is 10.7. The highest BCUT2D eigenvalue weighted by Crippen LogP contribution is 2.27. The number of hydrogen-bond acceptors (Lipinski definition) is 4. The van der Waals surface area contributed by atoms with E-state index in [0.29, 0.717) is 17.0 Å². The van der Waals surface area contributed by atoms with Crippen LogP contribution < -0.4 is 21.1 Å². The van der Waals surface area contributed by atoms with Crippen molar-refractivity contribution in [3.05, 3.63) is 30.0 Å². The number of methoxy groups -OCH3 is 1. The lowest BCUT2D eigenvalue weighted by Gasteiger charge is -2.10. The Kier molecular flexibility index (Phi) is 4.21. The van der Waals surface area contributed by atoms with E-state index in [1.165, 1.54) is 13.3 Å². The maximum Gasteiger partial charge on any atom is 0.316 e. The van der Waals surface area contributed by atoms with Gasteiger partial charge in [0.05, 0.1) is 12.7 Å². The Hall–Kier alpha value is -2.37. The van der Waals surface area contributed by atoms with E-state index in [9.17, 15) is 9.90 Å². The third-order valence-corrected chi connectivity index (χ3v) is 2.03. The van der Waals surface area contributed by atoms with Crippen molar-refractivity contribution in [3.8, 4) is 5.75 Å². The van der Waals surface area contributed by atoms with Crippen LogP contribution in [0.3, 0.4) is 0 Å². The number of hydrogen-bond donors (Lipinski definition) is 4. The second-order valence-corrected chi connectivity index (χ2v) is 3.22. The Bertz CT molecular complexity index is 444. The molecule has 0 saturated carbocycles. The van der Waals surface area contributed by atoms with E-state index < -0.39 is 6.03 Å². The lowest BCUT2D eigenvalue weighted by molar-refractivity contribution is 0.259. The number of aliphatic hydroxyl groups is 1. The van der Waals surface area contributed by atoms with Crippen LogP contribution in [0.2, 0.25) is 0 Å². The molecule has 1 rings (SSSR count). The maximum atomic E-state index is 10.7. The Balaban J connectivity index is 3.09. The highest BCUT2D eigenvalue weighted by atomic mass is 16.5. The van der Waals surface area contributed by atoms with Crippen LogP contribution >= 0.6 is 0 Å². The van der Waals surface area contributed by atoms with Gasteiger partial charge >= 0.3 is 6.03 Å². The van der Waals surface area contributed by atoms with Gasteiger partial charge in [0.1, 0.15) is 11.5 Å². The first-order valence-electron chi connectivity index (χ1n) is 4.89. The van der Waals surface area contributed by atoms with Crippen LogP contribution in [-0.4, -0.2) is 25.3 Å². The molecule has 0 fully saturated rings. The van der Waals surface area contributed by atoms with Crippen LogP contribution in [0.1, 0.15) is 5.56 Å². The van der Waals surface area contributed by atoms with Crippen LogP contribution in [0, 0.1) is 0 Å². The van der Waals surface area contributed by atoms with Crippen LogP contribution in [0.15, 0.2) is 24.4 Å². The molecule has 17 heavy (non-hydrogen) atoms. The summed E-state index contributed by atoms with van der Waals surface area (Å²) in [5.74, 6) is 0.468. The van der Waals surface area contributed by atoms with Crippen molar-refractivity contribution in [2.45, 2.75) is 0 Å². The number of nitrogens with one attached hydrogen (secondary N) is 2. The van der Waals surface area contributed by atoms with Gasteiger partial charge in [-0.2, -0.15) is 0 Å². The number of benzene rings is 1. The normalized spacial score (nSPS) is 10.8. The van der Waals surface area contributed by atoms with Gasteiger partial charge in [-0.15, -0.1) is 0 Å². The minimum absolute atomic E-state index is 0.0370. The Morgan fingerprint density at radius 2 is 2.24 bits per heavy atom. The van der Waals surface area contributed by atoms with Gasteiger partial charge < -0.3 is 26.2 Å². The summed E-state index contributed by atoms with van der Waals surface area (Å²) in [7, 11) is 3.14. The Morgan fingerprint density at radius 3 is 2.76 bits per heavy atom. The minimum Gasteiger partial charge on any atom is -0.506 e. The number of rotatable bonds is 4. The van der Waals surface area contributed by atoms with Crippen LogP contribution in [0.5, 0.6) is 5.75 Å². The molecule has 0 radical (unpaired) electrons. The van der Waals surface area contributed by atoms with Crippen molar-refractivity contribution in [1.29, 1.82) is 0 Å². The molecule has 1 aromatic rings. The van der Waals surface area contributed by atoms with Crippen molar-refractivity contribution in [1.82, 2.24) is 5.32 Å². The van der Waals surface area contributed by atoms with E-state index >= 15 is 0 Å². The van der Waals surface area contributed by atoms with Crippen LogP contribution in [-0.2, 0) is 0 Å². The number of primary amides is 1. The molecule has 0 aliphatic rings. The van der Waals surface area contributed by atoms with Gasteiger partial charge in [0.2, 0.25) is 0 Å². The SMILES string of the molecule is CN/C=C(\O)c1ccc(NC(N)=O)cc1OC. The summed E-state index contributed by atoms with van der Waals surface area (Å²) in [6.07, 6.45) is 1.43. The van der Waals surface area contributed by atoms with Crippen LogP contribution in [0.25, 0.3) is 5.76 Å². The quantitative estimate of drug-likeness (QED) is 0.593. The molecule has 6 heteroatoms. The molecule has 6 nitrogen and oxygen atoms in total. The molecular weight excluding hydrogens is 222 g/mol. The third kappa shape index (κ3) is 3.30. The number of carbonyl (C=O) groups is 1. The Labute approximate surface area is 99.1 Å². The van der Waals surface area contributed by atoms with Crippen LogP contribution in [0.4, 0.5) is 10.5 Å². The predicted octanol–water partition coefficient (Wildman–Crippen LogP) is 1.26. The summed E-state index contributed by atoms with van der Waals surface area (Å²) in [6.45, 7) is 0. The smallest absolute Gasteiger partial charge is 0.316 e. The summed E-state index contributed by atoms with van der Waals surface area (Å²) < 4.78 is 5.11. The van der Waals surface area contributed by atoms with Gasteiger partial charge in [-0.25, -0.2) is 4.79 Å². The lowest BCUT2D eigenvalue weighted by atomic mass is 10.1. The van der Waals surface area contributed by atoms with E-state index in [4.69, 9.17) is 10.5 Å². The second-order valence-electron chi connectivity index (χ2n) is 3.22. The largest absolute Gasteiger partial charge is 0.506 e. The molecule has 0 spiro atoms. The monoisotopic (exact) mass is 237 g/mol. The number of aliphatic hydroxyl groups excluding tert-OH is 1. The first-order chi connectivity index (χ1) is 8.08. The van der Waals surface area contributed by atoms with Gasteiger partial charge in [0.15, 0.2) is 0 Å². The zero-order valence-electron chi connectivity index (χ0n) is 9.65. The molecule has 1 aromatic carbocycles. The molecule has 0 saturated heterocycles. The number of carbonyl (C=O) groups excluding carboxylic acids is 1. The highest BCUT2D eigenvalue weighted by molar-refractivity contribution is 5.88. The topological polar surface area (TPSA) is 96.6 Å². The first-order valence-corrected chi connectivity index (χ1v) is 4.89. The molecule has 5 N–H and O–H groups in total. The number of amides is 2. The zero-order valence-corrected chi connectivity index (χ0v) is 9.65. The summed E-state index contributed by atoms with van der Waals surface area (Å²) in [6, 6.07) is 4.14. The molecule has 92 valence electrons. The number of ether oxygens (including phenoxy) is 1. The molecular formula is C11H15N3O3. The van der Waals surface area contributed by atoms with Crippen molar-refractivity contribution in [2.75, 3.05) is 19.5 Å². The average molecular weight is 237 g/mol. The molecule has 0 heterocycles. The number of nitrogens with two attached hydrogens (primary N) is 1. The van der Waals surface area contributed by atoms with Crippen molar-refractivity contribution >= 4 is 17.5 Å². The van der Waals surface area contributed by atoms with Crippen molar-refractivity contribution < 1.29 is 14.6 Å². The molecule has 0 aliphatic heterocycles. The fourth-order valence-electron chi connectivity index (χ4n) is 1.34. The standard InChI is InChI=1S/C11H15N3O3/c1-13-6-9(15)8-4-3-7(14-11(12)16)5-10(8)17-2/h3-6,13,15H,1-2H3,(H3,12,14,16)/b9-6-. The molecule has 0 aromatic heterocycles. The predicted molar refractivity (Wildman–Crippen MR) is 65.9 cm³/mol. The van der Waals surface area contributed by atoms with Gasteiger partial charge in [-0.3, -0.25) is 0 Å². The zero-order chi connectivity index (χ0) is 12.8. The highest BCUT2D eigenvalue weighted by Gasteiger charge is 2.08. The van der Waals surface area contributed by atoms with E-state index in [2.05, 4.69) is 10.6 Å². The van der Waals surface area contributed by atoms with Gasteiger partial charge in [-0.1, -0.05) is 0 Å². The number of urea groups is 1. The lowest BCUT2D eigenvalue weighted by Crippen LogP contribution is -2.19. The third-order valence-electron chi connectivity index (χ3n) is 2.03. The summed E-state index contributed by atoms with van der Waals surface area (Å²) >= 11 is 0. The second kappa shape index (κ2) is 5.64. The Morgan fingerprint density at radius 1 is 1.53 bits per heavy atom. The molecule has 0 bridgehead atoms. The van der Waals surface area contributed by atoms with Crippen molar-refractivity contribution in [3.63, 3.8) is 0 Å². The fraction of sp³-hybridized carbons (Fsp3) is 0.182. The van der Waals surface area contributed by atoms with E-state index in [1.807, 2.05) is 0 Å². The van der Waals surface area contributed by atoms with Gasteiger partial charge in [0.25, 0.3) is 0 Å². The first kappa shape index (κ1) is 12.7. The minimum atomic E-state index is -0.658. The molecule has 2 amide bonds. The van der Waals surface area contributed by atoms with Crippen molar-refractivity contribution in [2.24, 2.45) is 5.73 Å². The van der Waals surface area contributed by atoms with E-state index in [1.54, 1.807) is 25.2 Å². The summed E-state index contributed by atoms with van der Waals surface area (Å²) in [5, 5.41) is 14.8. The number of anilines is 1. The molecule has 0 aliphatic carbocycles. The van der Waals surface area contributed by atoms with E-state index in [0.717, 1.165) is 0 Å². The molecule has 0 atom stereocenters. The van der Waals surface area contributed by atoms with E-state index in [-0.39, 0.29) is 5.76 Å². The fourth-order valence-corrected chi connectivity index (χ4v) is 1.34. The average Bonchev–Trinajstić information content (AvgIpc) is 2.28. The summed E-state index contributed by atoms with van der Waals surface area (Å²) in [5.41, 5.74) is 6.01. The van der Waals surface area contributed by atoms with Gasteiger partial charge in [0, 0.05) is 25.0 Å².